The quantitative estimate of drug-likeness (QED) is 0.222. The molecular formula is C28H27FN2O3. The molecule has 0 N–H and O–H groups in total. The molecule has 0 atom stereocenters. The Kier molecular flexibility index (Phi) is 6.97. The number of hydrogen-bond donors (Lipinski definition) is 0. The first-order chi connectivity index (χ1) is 16.5. The summed E-state index contributed by atoms with van der Waals surface area (Å²) in [5.41, 5.74) is 6.50. The van der Waals surface area contributed by atoms with Gasteiger partial charge in [0, 0.05) is 17.3 Å². The van der Waals surface area contributed by atoms with E-state index < -0.39 is 0 Å². The lowest BCUT2D eigenvalue weighted by Gasteiger charge is -2.16. The van der Waals surface area contributed by atoms with Crippen LogP contribution in [0.2, 0.25) is 0 Å². The third-order valence-electron chi connectivity index (χ3n) is 5.68. The molecule has 0 aliphatic carbocycles. The summed E-state index contributed by atoms with van der Waals surface area (Å²) < 4.78 is 26.4. The van der Waals surface area contributed by atoms with Gasteiger partial charge in [0.25, 0.3) is 0 Å². The van der Waals surface area contributed by atoms with Crippen molar-refractivity contribution in [2.75, 3.05) is 14.2 Å². The van der Waals surface area contributed by atoms with Crippen LogP contribution < -0.4 is 9.47 Å². The largest absolute Gasteiger partial charge is 0.497 e. The summed E-state index contributed by atoms with van der Waals surface area (Å²) in [7, 11) is 3.28. The molecule has 1 aromatic heterocycles. The van der Waals surface area contributed by atoms with Crippen LogP contribution in [-0.2, 0) is 11.4 Å². The number of hydrogen-bond acceptors (Lipinski definition) is 4. The molecule has 3 aromatic carbocycles. The molecule has 0 fully saturated rings. The third-order valence-corrected chi connectivity index (χ3v) is 5.68. The van der Waals surface area contributed by atoms with Crippen LogP contribution in [0.25, 0.3) is 16.9 Å². The average Bonchev–Trinajstić information content (AvgIpc) is 3.22. The highest BCUT2D eigenvalue weighted by Gasteiger charge is 2.19. The average molecular weight is 459 g/mol. The lowest BCUT2D eigenvalue weighted by atomic mass is 10.1. The van der Waals surface area contributed by atoms with Gasteiger partial charge in [0.15, 0.2) is 0 Å². The van der Waals surface area contributed by atoms with Gasteiger partial charge in [-0.2, -0.15) is 0 Å². The van der Waals surface area contributed by atoms with E-state index in [9.17, 15) is 4.39 Å². The first kappa shape index (κ1) is 23.1. The summed E-state index contributed by atoms with van der Waals surface area (Å²) in [4.78, 5) is 5.58. The Morgan fingerprint density at radius 2 is 1.65 bits per heavy atom. The van der Waals surface area contributed by atoms with Crippen molar-refractivity contribution in [3.05, 3.63) is 102 Å². The van der Waals surface area contributed by atoms with Gasteiger partial charge in [0.05, 0.1) is 31.3 Å². The molecule has 0 spiro atoms. The smallest absolute Gasteiger partial charge is 0.146 e. The number of benzene rings is 3. The van der Waals surface area contributed by atoms with Crippen molar-refractivity contribution in [2.24, 2.45) is 5.16 Å². The molecule has 0 saturated heterocycles. The van der Waals surface area contributed by atoms with Crippen LogP contribution in [0.15, 0.2) is 84.0 Å². The predicted octanol–water partition coefficient (Wildman–Crippen LogP) is 6.55. The van der Waals surface area contributed by atoms with Crippen molar-refractivity contribution < 1.29 is 18.7 Å². The minimum absolute atomic E-state index is 0.259. The normalized spacial score (nSPS) is 11.4. The maximum Gasteiger partial charge on any atom is 0.146 e. The van der Waals surface area contributed by atoms with Crippen molar-refractivity contribution in [1.29, 1.82) is 0 Å². The number of nitrogens with zero attached hydrogens (tertiary/aromatic N) is 2. The number of methoxy groups -OCH3 is 2. The molecule has 0 saturated carbocycles. The second-order valence-corrected chi connectivity index (χ2v) is 7.84. The lowest BCUT2D eigenvalue weighted by Crippen LogP contribution is -2.04. The Morgan fingerprint density at radius 3 is 2.32 bits per heavy atom. The molecule has 4 aromatic rings. The fourth-order valence-electron chi connectivity index (χ4n) is 3.91. The maximum absolute atomic E-state index is 13.1. The van der Waals surface area contributed by atoms with Crippen LogP contribution in [0.1, 0.15) is 23.7 Å². The molecule has 0 amide bonds. The molecular weight excluding hydrogens is 431 g/mol. The summed E-state index contributed by atoms with van der Waals surface area (Å²) in [6.07, 6.45) is 0. The molecule has 5 nitrogen and oxygen atoms in total. The molecule has 174 valence electrons. The Labute approximate surface area is 199 Å². The third kappa shape index (κ3) is 4.81. The van der Waals surface area contributed by atoms with Crippen molar-refractivity contribution in [3.8, 4) is 28.4 Å². The number of rotatable bonds is 8. The van der Waals surface area contributed by atoms with Gasteiger partial charge in [-0.05, 0) is 55.3 Å². The van der Waals surface area contributed by atoms with Gasteiger partial charge in [0.2, 0.25) is 0 Å². The van der Waals surface area contributed by atoms with E-state index in [1.165, 1.54) is 12.1 Å². The van der Waals surface area contributed by atoms with E-state index in [0.29, 0.717) is 5.75 Å². The van der Waals surface area contributed by atoms with Gasteiger partial charge in [0.1, 0.15) is 23.9 Å². The molecule has 1 heterocycles. The minimum Gasteiger partial charge on any atom is -0.497 e. The van der Waals surface area contributed by atoms with Crippen LogP contribution in [0.4, 0.5) is 4.39 Å². The highest BCUT2D eigenvalue weighted by molar-refractivity contribution is 6.01. The van der Waals surface area contributed by atoms with E-state index >= 15 is 0 Å². The predicted molar refractivity (Wildman–Crippen MR) is 132 cm³/mol. The Balaban J connectivity index is 1.75. The minimum atomic E-state index is -0.275. The van der Waals surface area contributed by atoms with Crippen LogP contribution in [0.5, 0.6) is 11.5 Å². The van der Waals surface area contributed by atoms with Gasteiger partial charge in [-0.3, -0.25) is 0 Å². The molecule has 0 aliphatic rings. The number of halogens is 1. The summed E-state index contributed by atoms with van der Waals surface area (Å²) in [5.74, 6) is 1.14. The Morgan fingerprint density at radius 1 is 0.912 bits per heavy atom. The van der Waals surface area contributed by atoms with Gasteiger partial charge >= 0.3 is 0 Å². The standard InChI is InChI=1S/C28H27FN2O3/c1-19(30-34-18-21-10-12-23(29)13-11-21)25-17-27(22-8-6-5-7-9-22)31(20(25)2)26-15-14-24(32-3)16-28(26)33-4/h5-17H,18H2,1-4H3. The number of aromatic nitrogens is 1. The van der Waals surface area contributed by atoms with Crippen LogP contribution >= 0.6 is 0 Å². The van der Waals surface area contributed by atoms with Gasteiger partial charge < -0.3 is 18.9 Å². The van der Waals surface area contributed by atoms with Crippen LogP contribution in [-0.4, -0.2) is 24.5 Å². The molecule has 0 bridgehead atoms. The Bertz CT molecular complexity index is 1300. The van der Waals surface area contributed by atoms with Crippen molar-refractivity contribution in [3.63, 3.8) is 0 Å². The van der Waals surface area contributed by atoms with Crippen molar-refractivity contribution in [1.82, 2.24) is 4.57 Å². The first-order valence-corrected chi connectivity index (χ1v) is 10.9. The zero-order valence-electron chi connectivity index (χ0n) is 19.7. The summed E-state index contributed by atoms with van der Waals surface area (Å²) >= 11 is 0. The second kappa shape index (κ2) is 10.3. The maximum atomic E-state index is 13.1. The number of ether oxygens (including phenoxy) is 2. The fraction of sp³-hybridized carbons (Fsp3) is 0.179. The fourth-order valence-corrected chi connectivity index (χ4v) is 3.91. The zero-order chi connectivity index (χ0) is 24.1. The Hall–Kier alpha value is -4.06. The topological polar surface area (TPSA) is 45.0 Å². The van der Waals surface area contributed by atoms with Gasteiger partial charge in [-0.25, -0.2) is 4.39 Å². The lowest BCUT2D eigenvalue weighted by molar-refractivity contribution is 0.130. The van der Waals surface area contributed by atoms with E-state index in [1.54, 1.807) is 26.4 Å². The first-order valence-electron chi connectivity index (χ1n) is 10.9. The van der Waals surface area contributed by atoms with E-state index in [1.807, 2.05) is 50.2 Å². The zero-order valence-corrected chi connectivity index (χ0v) is 19.7. The summed E-state index contributed by atoms with van der Waals surface area (Å²) in [6, 6.07) is 24.2. The highest BCUT2D eigenvalue weighted by Crippen LogP contribution is 2.35. The second-order valence-electron chi connectivity index (χ2n) is 7.84. The molecule has 4 rings (SSSR count). The van der Waals surface area contributed by atoms with E-state index in [0.717, 1.165) is 45.2 Å². The monoisotopic (exact) mass is 458 g/mol. The molecule has 0 aliphatic heterocycles. The van der Waals surface area contributed by atoms with Gasteiger partial charge in [-0.1, -0.05) is 47.6 Å². The summed E-state index contributed by atoms with van der Waals surface area (Å²) in [5, 5.41) is 4.34. The molecule has 0 radical (unpaired) electrons. The van der Waals surface area contributed by atoms with Crippen LogP contribution in [0, 0.1) is 12.7 Å². The number of oxime groups is 1. The van der Waals surface area contributed by atoms with E-state index in [4.69, 9.17) is 14.3 Å². The SMILES string of the molecule is COc1ccc(-n2c(-c3ccccc3)cc(C(C)=NOCc3ccc(F)cc3)c2C)c(OC)c1. The highest BCUT2D eigenvalue weighted by atomic mass is 19.1. The van der Waals surface area contributed by atoms with Gasteiger partial charge in [-0.15, -0.1) is 0 Å². The van der Waals surface area contributed by atoms with E-state index in [2.05, 4.69) is 27.9 Å². The molecule has 0 unspecified atom stereocenters. The van der Waals surface area contributed by atoms with Crippen molar-refractivity contribution >= 4 is 5.71 Å². The molecule has 6 heteroatoms. The van der Waals surface area contributed by atoms with E-state index in [-0.39, 0.29) is 12.4 Å². The summed E-state index contributed by atoms with van der Waals surface area (Å²) in [6.45, 7) is 4.22. The van der Waals surface area contributed by atoms with Crippen molar-refractivity contribution in [2.45, 2.75) is 20.5 Å². The molecule has 34 heavy (non-hydrogen) atoms. The van der Waals surface area contributed by atoms with Crippen LogP contribution in [0.3, 0.4) is 0 Å².